The summed E-state index contributed by atoms with van der Waals surface area (Å²) in [6.07, 6.45) is -4.51. The van der Waals surface area contributed by atoms with Crippen LogP contribution in [0, 0.1) is 5.82 Å². The van der Waals surface area contributed by atoms with Crippen LogP contribution >= 0.6 is 11.8 Å². The van der Waals surface area contributed by atoms with Crippen LogP contribution in [0.15, 0.2) is 72.8 Å². The molecule has 5 rings (SSSR count). The zero-order chi connectivity index (χ0) is 23.4. The molecule has 2 aliphatic rings. The Morgan fingerprint density at radius 1 is 0.939 bits per heavy atom. The molecule has 1 spiro atoms. The number of alkyl halides is 3. The van der Waals surface area contributed by atoms with Crippen molar-refractivity contribution in [2.75, 3.05) is 15.6 Å². The number of halogens is 4. The summed E-state index contributed by atoms with van der Waals surface area (Å²) in [5.74, 6) is -1.35. The van der Waals surface area contributed by atoms with Crippen molar-refractivity contribution in [2.24, 2.45) is 0 Å². The van der Waals surface area contributed by atoms with E-state index in [-0.39, 0.29) is 23.9 Å². The van der Waals surface area contributed by atoms with Gasteiger partial charge in [0, 0.05) is 11.3 Å². The van der Waals surface area contributed by atoms with Gasteiger partial charge in [-0.25, -0.2) is 4.39 Å². The number of hydrogen-bond acceptors (Lipinski definition) is 3. The number of fused-ring (bicyclic) bond motifs is 2. The molecule has 1 atom stereocenters. The number of anilines is 2. The summed E-state index contributed by atoms with van der Waals surface area (Å²) in [6.45, 7) is -0.104. The van der Waals surface area contributed by atoms with E-state index < -0.39 is 28.3 Å². The van der Waals surface area contributed by atoms with E-state index in [0.717, 1.165) is 23.9 Å². The Balaban J connectivity index is 1.61. The van der Waals surface area contributed by atoms with Crippen molar-refractivity contribution >= 4 is 35.0 Å². The van der Waals surface area contributed by atoms with Crippen molar-refractivity contribution in [1.82, 2.24) is 0 Å². The Hall–Kier alpha value is -3.33. The molecule has 2 heterocycles. The summed E-state index contributed by atoms with van der Waals surface area (Å²) >= 11 is 1.12. The Morgan fingerprint density at radius 2 is 1.70 bits per heavy atom. The average Bonchev–Trinajstić information content (AvgIpc) is 3.24. The fourth-order valence-electron chi connectivity index (χ4n) is 4.36. The minimum absolute atomic E-state index is 0.00792. The van der Waals surface area contributed by atoms with E-state index in [0.29, 0.717) is 16.8 Å². The van der Waals surface area contributed by atoms with Crippen molar-refractivity contribution in [3.63, 3.8) is 0 Å². The highest BCUT2D eigenvalue weighted by Gasteiger charge is 2.61. The van der Waals surface area contributed by atoms with Crippen molar-refractivity contribution in [3.8, 4) is 0 Å². The maximum absolute atomic E-state index is 14.0. The molecule has 3 aromatic carbocycles. The summed E-state index contributed by atoms with van der Waals surface area (Å²) < 4.78 is 53.6. The van der Waals surface area contributed by atoms with E-state index in [9.17, 15) is 27.2 Å². The van der Waals surface area contributed by atoms with E-state index in [1.54, 1.807) is 30.3 Å². The predicted molar refractivity (Wildman–Crippen MR) is 117 cm³/mol. The lowest BCUT2D eigenvalue weighted by Crippen LogP contribution is -2.49. The Morgan fingerprint density at radius 3 is 2.45 bits per heavy atom. The number of carbonyl (C=O) groups excluding carboxylic acids is 2. The predicted octanol–water partition coefficient (Wildman–Crippen LogP) is 5.32. The van der Waals surface area contributed by atoms with Crippen LogP contribution in [0.5, 0.6) is 0 Å². The van der Waals surface area contributed by atoms with E-state index in [2.05, 4.69) is 0 Å². The maximum Gasteiger partial charge on any atom is 0.416 e. The topological polar surface area (TPSA) is 40.6 Å². The van der Waals surface area contributed by atoms with Crippen LogP contribution in [0.25, 0.3) is 0 Å². The summed E-state index contributed by atoms with van der Waals surface area (Å²) in [5, 5.41) is 0. The normalized spacial score (nSPS) is 20.1. The second kappa shape index (κ2) is 7.62. The standard InChI is InChI=1S/C24H16F4N2O2S/c25-17-7-4-8-18(12-17)30-21(31)14-33-23(30)19-9-1-2-10-20(19)29(22(23)32)13-15-5-3-6-16(11-15)24(26,27)28/h1-12H,13-14H2/t23-/m1/s1. The van der Waals surface area contributed by atoms with Crippen molar-refractivity contribution in [2.45, 2.75) is 17.6 Å². The van der Waals surface area contributed by atoms with Crippen molar-refractivity contribution in [3.05, 3.63) is 95.3 Å². The highest BCUT2D eigenvalue weighted by atomic mass is 32.2. The number of carbonyl (C=O) groups is 2. The second-order valence-electron chi connectivity index (χ2n) is 7.75. The van der Waals surface area contributed by atoms with Gasteiger partial charge in [0.25, 0.3) is 5.91 Å². The Labute approximate surface area is 190 Å². The number of amides is 2. The summed E-state index contributed by atoms with van der Waals surface area (Å²) in [7, 11) is 0. The number of rotatable bonds is 3. The molecule has 0 unspecified atom stereocenters. The van der Waals surface area contributed by atoms with Crippen LogP contribution in [0.3, 0.4) is 0 Å². The first-order chi connectivity index (χ1) is 15.7. The molecule has 2 aliphatic heterocycles. The maximum atomic E-state index is 14.0. The van der Waals surface area contributed by atoms with Crippen LogP contribution < -0.4 is 9.80 Å². The molecule has 0 bridgehead atoms. The van der Waals surface area contributed by atoms with Gasteiger partial charge in [-0.05, 0) is 42.0 Å². The molecule has 9 heteroatoms. The molecule has 0 radical (unpaired) electrons. The number of hydrogen-bond donors (Lipinski definition) is 0. The van der Waals surface area contributed by atoms with Gasteiger partial charge < -0.3 is 4.90 Å². The zero-order valence-corrected chi connectivity index (χ0v) is 17.8. The molecule has 168 valence electrons. The smallest absolute Gasteiger partial charge is 0.304 e. The van der Waals surface area contributed by atoms with Gasteiger partial charge in [0.1, 0.15) is 5.82 Å². The molecule has 0 saturated carbocycles. The van der Waals surface area contributed by atoms with Crippen molar-refractivity contribution in [1.29, 1.82) is 0 Å². The summed E-state index contributed by atoms with van der Waals surface area (Å²) in [4.78, 5) is 28.0. The first-order valence-corrected chi connectivity index (χ1v) is 11.0. The molecular formula is C24H16F4N2O2S. The lowest BCUT2D eigenvalue weighted by Gasteiger charge is -2.33. The van der Waals surface area contributed by atoms with Gasteiger partial charge >= 0.3 is 6.18 Å². The molecule has 2 amide bonds. The molecule has 3 aromatic rings. The monoisotopic (exact) mass is 472 g/mol. The van der Waals surface area contributed by atoms with Gasteiger partial charge in [-0.2, -0.15) is 13.2 Å². The molecule has 0 aromatic heterocycles. The van der Waals surface area contributed by atoms with Gasteiger partial charge in [0.2, 0.25) is 10.8 Å². The second-order valence-corrected chi connectivity index (χ2v) is 8.92. The van der Waals surface area contributed by atoms with E-state index in [1.165, 1.54) is 40.1 Å². The summed E-state index contributed by atoms with van der Waals surface area (Å²) in [5.41, 5.74) is 0.790. The molecule has 1 fully saturated rings. The highest BCUT2D eigenvalue weighted by Crippen LogP contribution is 2.56. The first kappa shape index (κ1) is 21.5. The third kappa shape index (κ3) is 3.38. The van der Waals surface area contributed by atoms with E-state index in [4.69, 9.17) is 0 Å². The summed E-state index contributed by atoms with van der Waals surface area (Å²) in [6, 6.07) is 17.1. The fraction of sp³-hybridized carbons (Fsp3) is 0.167. The molecule has 33 heavy (non-hydrogen) atoms. The van der Waals surface area contributed by atoms with Gasteiger partial charge in [0.15, 0.2) is 0 Å². The number of para-hydroxylation sites is 1. The van der Waals surface area contributed by atoms with Crippen LogP contribution in [0.1, 0.15) is 16.7 Å². The largest absolute Gasteiger partial charge is 0.416 e. The lowest BCUT2D eigenvalue weighted by molar-refractivity contribution is -0.137. The molecule has 0 aliphatic carbocycles. The first-order valence-electron chi connectivity index (χ1n) is 10.0. The average molecular weight is 472 g/mol. The van der Waals surface area contributed by atoms with E-state index in [1.807, 2.05) is 0 Å². The molecular weight excluding hydrogens is 456 g/mol. The molecule has 0 N–H and O–H groups in total. The highest BCUT2D eigenvalue weighted by molar-refractivity contribution is 8.02. The number of nitrogens with zero attached hydrogens (tertiary/aromatic N) is 2. The molecule has 1 saturated heterocycles. The quantitative estimate of drug-likeness (QED) is 0.485. The van der Waals surface area contributed by atoms with Gasteiger partial charge in [-0.1, -0.05) is 36.4 Å². The van der Waals surface area contributed by atoms with Crippen LogP contribution in [0.4, 0.5) is 28.9 Å². The van der Waals surface area contributed by atoms with Gasteiger partial charge in [-0.3, -0.25) is 14.5 Å². The third-order valence-corrected chi connectivity index (χ3v) is 7.11. The Bertz CT molecular complexity index is 1280. The van der Waals surface area contributed by atoms with Gasteiger partial charge in [0.05, 0.1) is 23.5 Å². The minimum Gasteiger partial charge on any atom is -0.304 e. The van der Waals surface area contributed by atoms with Crippen molar-refractivity contribution < 1.29 is 27.2 Å². The number of benzene rings is 3. The lowest BCUT2D eigenvalue weighted by atomic mass is 10.0. The minimum atomic E-state index is -4.51. The zero-order valence-electron chi connectivity index (χ0n) is 17.0. The third-order valence-electron chi connectivity index (χ3n) is 5.73. The molecule has 4 nitrogen and oxygen atoms in total. The number of thioether (sulfide) groups is 1. The van der Waals surface area contributed by atoms with Gasteiger partial charge in [-0.15, -0.1) is 11.8 Å². The SMILES string of the molecule is O=C1CS[C@]2(C(=O)N(Cc3cccc(C(F)(F)F)c3)c3ccccc32)N1c1cccc(F)c1. The van der Waals surface area contributed by atoms with Crippen LogP contribution in [0.2, 0.25) is 0 Å². The fourth-order valence-corrected chi connectivity index (χ4v) is 5.72. The van der Waals surface area contributed by atoms with Crippen LogP contribution in [-0.2, 0) is 27.2 Å². The Kier molecular flexibility index (Phi) is 4.97. The van der Waals surface area contributed by atoms with E-state index >= 15 is 0 Å². The van der Waals surface area contributed by atoms with Crippen LogP contribution in [-0.4, -0.2) is 17.6 Å².